The molecule has 1 heterocycles. The second-order valence-electron chi connectivity index (χ2n) is 5.36. The molecule has 1 aromatic heterocycles. The van der Waals surface area contributed by atoms with Crippen LogP contribution >= 0.6 is 11.8 Å². The lowest BCUT2D eigenvalue weighted by atomic mass is 9.88. The Bertz CT molecular complexity index is 675. The molecule has 5 heteroatoms. The lowest BCUT2D eigenvalue weighted by Gasteiger charge is -2.26. The highest BCUT2D eigenvalue weighted by Gasteiger charge is 2.21. The maximum Gasteiger partial charge on any atom is 0.251 e. The van der Waals surface area contributed by atoms with Crippen molar-refractivity contribution >= 4 is 17.7 Å². The Kier molecular flexibility index (Phi) is 4.63. The standard InChI is InChI=1S/C17H18N2O2S/c20-16(12-22-17-10-3-4-11-19(17)21)18-15-9-5-7-13-6-1-2-8-14(13)15/h1-4,6,8,10-11,15H,5,7,9,12H2,(H,18,20). The van der Waals surface area contributed by atoms with Crippen molar-refractivity contribution in [2.75, 3.05) is 5.75 Å². The zero-order valence-electron chi connectivity index (χ0n) is 12.2. The number of nitrogens with one attached hydrogen (secondary N) is 1. The molecule has 0 bridgehead atoms. The van der Waals surface area contributed by atoms with E-state index in [4.69, 9.17) is 0 Å². The second kappa shape index (κ2) is 6.83. The molecule has 1 atom stereocenters. The number of nitrogens with zero attached hydrogens (tertiary/aromatic N) is 1. The zero-order valence-corrected chi connectivity index (χ0v) is 13.0. The van der Waals surface area contributed by atoms with E-state index in [-0.39, 0.29) is 17.7 Å². The first-order chi connectivity index (χ1) is 10.7. The molecule has 3 rings (SSSR count). The largest absolute Gasteiger partial charge is 0.618 e. The van der Waals surface area contributed by atoms with Crippen LogP contribution in [0.5, 0.6) is 0 Å². The average molecular weight is 314 g/mol. The summed E-state index contributed by atoms with van der Waals surface area (Å²) in [6.45, 7) is 0. The summed E-state index contributed by atoms with van der Waals surface area (Å²) >= 11 is 1.26. The van der Waals surface area contributed by atoms with Crippen molar-refractivity contribution in [1.29, 1.82) is 0 Å². The predicted molar refractivity (Wildman–Crippen MR) is 86.4 cm³/mol. The van der Waals surface area contributed by atoms with Crippen molar-refractivity contribution in [1.82, 2.24) is 5.32 Å². The highest BCUT2D eigenvalue weighted by Crippen LogP contribution is 2.29. The van der Waals surface area contributed by atoms with Gasteiger partial charge in [0.05, 0.1) is 11.8 Å². The van der Waals surface area contributed by atoms with Gasteiger partial charge in [0, 0.05) is 12.1 Å². The minimum atomic E-state index is -0.0319. The van der Waals surface area contributed by atoms with Crippen LogP contribution in [0.25, 0.3) is 0 Å². The minimum Gasteiger partial charge on any atom is -0.618 e. The molecular formula is C17H18N2O2S. The topological polar surface area (TPSA) is 56.0 Å². The summed E-state index contributed by atoms with van der Waals surface area (Å²) in [4.78, 5) is 12.2. The lowest BCUT2D eigenvalue weighted by molar-refractivity contribution is -0.645. The van der Waals surface area contributed by atoms with Gasteiger partial charge in [0.25, 0.3) is 5.03 Å². The fourth-order valence-corrected chi connectivity index (χ4v) is 3.53. The maximum absolute atomic E-state index is 12.2. The van der Waals surface area contributed by atoms with Gasteiger partial charge < -0.3 is 10.5 Å². The van der Waals surface area contributed by atoms with Crippen molar-refractivity contribution in [2.24, 2.45) is 0 Å². The van der Waals surface area contributed by atoms with Gasteiger partial charge in [0.15, 0.2) is 6.20 Å². The molecule has 2 aromatic rings. The third-order valence-corrected chi connectivity index (χ3v) is 4.86. The fourth-order valence-electron chi connectivity index (χ4n) is 2.80. The molecule has 1 N–H and O–H groups in total. The van der Waals surface area contributed by atoms with Gasteiger partial charge in [-0.1, -0.05) is 24.3 Å². The average Bonchev–Trinajstić information content (AvgIpc) is 2.54. The van der Waals surface area contributed by atoms with E-state index in [1.165, 1.54) is 29.1 Å². The molecular weight excluding hydrogens is 296 g/mol. The third-order valence-electron chi connectivity index (χ3n) is 3.84. The van der Waals surface area contributed by atoms with E-state index in [1.807, 2.05) is 12.1 Å². The molecule has 0 aliphatic heterocycles. The predicted octanol–water partition coefficient (Wildman–Crippen LogP) is 2.61. The first-order valence-electron chi connectivity index (χ1n) is 7.42. The molecule has 1 aliphatic carbocycles. The number of rotatable bonds is 4. The molecule has 0 spiro atoms. The number of benzene rings is 1. The van der Waals surface area contributed by atoms with Gasteiger partial charge in [-0.3, -0.25) is 4.79 Å². The number of hydrogen-bond acceptors (Lipinski definition) is 3. The van der Waals surface area contributed by atoms with Gasteiger partial charge in [0.1, 0.15) is 0 Å². The van der Waals surface area contributed by atoms with Crippen molar-refractivity contribution < 1.29 is 9.52 Å². The van der Waals surface area contributed by atoms with Crippen molar-refractivity contribution in [2.45, 2.75) is 30.3 Å². The highest BCUT2D eigenvalue weighted by molar-refractivity contribution is 7.99. The van der Waals surface area contributed by atoms with Crippen molar-refractivity contribution in [3.05, 3.63) is 65.0 Å². The van der Waals surface area contributed by atoms with Crippen LogP contribution in [0.1, 0.15) is 30.0 Å². The Morgan fingerprint density at radius 3 is 2.95 bits per heavy atom. The van der Waals surface area contributed by atoms with Gasteiger partial charge in [-0.15, -0.1) is 0 Å². The normalized spacial score (nSPS) is 16.8. The third kappa shape index (κ3) is 3.42. The van der Waals surface area contributed by atoms with E-state index < -0.39 is 0 Å². The monoisotopic (exact) mass is 314 g/mol. The van der Waals surface area contributed by atoms with Gasteiger partial charge in [-0.2, -0.15) is 4.73 Å². The van der Waals surface area contributed by atoms with Gasteiger partial charge in [-0.05, 0) is 48.2 Å². The lowest BCUT2D eigenvalue weighted by Crippen LogP contribution is -2.33. The molecule has 0 saturated heterocycles. The summed E-state index contributed by atoms with van der Waals surface area (Å²) in [5.74, 6) is 0.223. The summed E-state index contributed by atoms with van der Waals surface area (Å²) in [6.07, 6.45) is 4.59. The number of aromatic nitrogens is 1. The molecule has 4 nitrogen and oxygen atoms in total. The zero-order chi connectivity index (χ0) is 15.4. The van der Waals surface area contributed by atoms with E-state index in [9.17, 15) is 10.0 Å². The molecule has 0 saturated carbocycles. The molecule has 1 aromatic carbocycles. The molecule has 1 amide bonds. The minimum absolute atomic E-state index is 0.0319. The summed E-state index contributed by atoms with van der Waals surface area (Å²) in [5.41, 5.74) is 2.55. The molecule has 114 valence electrons. The number of fused-ring (bicyclic) bond motifs is 1. The number of carbonyl (C=O) groups excluding carboxylic acids is 1. The first kappa shape index (κ1) is 14.9. The van der Waals surface area contributed by atoms with Gasteiger partial charge in [-0.25, -0.2) is 0 Å². The Labute approximate surface area is 134 Å². The van der Waals surface area contributed by atoms with Gasteiger partial charge in [0.2, 0.25) is 5.91 Å². The van der Waals surface area contributed by atoms with E-state index in [0.29, 0.717) is 5.03 Å². The first-order valence-corrected chi connectivity index (χ1v) is 8.41. The smallest absolute Gasteiger partial charge is 0.251 e. The van der Waals surface area contributed by atoms with Crippen molar-refractivity contribution in [3.63, 3.8) is 0 Å². The number of carbonyl (C=O) groups is 1. The molecule has 1 aliphatic rings. The molecule has 0 fully saturated rings. The summed E-state index contributed by atoms with van der Waals surface area (Å²) in [7, 11) is 0. The maximum atomic E-state index is 12.2. The van der Waals surface area contributed by atoms with E-state index in [0.717, 1.165) is 24.0 Å². The molecule has 1 unspecified atom stereocenters. The number of hydrogen-bond donors (Lipinski definition) is 1. The Morgan fingerprint density at radius 2 is 2.09 bits per heavy atom. The van der Waals surface area contributed by atoms with E-state index >= 15 is 0 Å². The van der Waals surface area contributed by atoms with Crippen LogP contribution in [0.15, 0.2) is 53.7 Å². The highest BCUT2D eigenvalue weighted by atomic mass is 32.2. The molecule has 22 heavy (non-hydrogen) atoms. The van der Waals surface area contributed by atoms with Crippen molar-refractivity contribution in [3.8, 4) is 0 Å². The Hall–Kier alpha value is -2.01. The van der Waals surface area contributed by atoms with Gasteiger partial charge >= 0.3 is 0 Å². The van der Waals surface area contributed by atoms with Crippen LogP contribution in [0.3, 0.4) is 0 Å². The van der Waals surface area contributed by atoms with Crippen LogP contribution in [0, 0.1) is 5.21 Å². The number of pyridine rings is 1. The quantitative estimate of drug-likeness (QED) is 0.536. The molecule has 0 radical (unpaired) electrons. The van der Waals surface area contributed by atoms with Crippen LogP contribution < -0.4 is 10.0 Å². The van der Waals surface area contributed by atoms with Crippen LogP contribution in [-0.4, -0.2) is 11.7 Å². The fraction of sp³-hybridized carbons (Fsp3) is 0.294. The number of amides is 1. The van der Waals surface area contributed by atoms with Crippen LogP contribution in [-0.2, 0) is 11.2 Å². The summed E-state index contributed by atoms with van der Waals surface area (Å²) in [5, 5.41) is 15.2. The van der Waals surface area contributed by atoms with E-state index in [2.05, 4.69) is 17.4 Å². The Morgan fingerprint density at radius 1 is 1.27 bits per heavy atom. The number of aryl methyl sites for hydroxylation is 1. The van der Waals surface area contributed by atoms with Crippen LogP contribution in [0.2, 0.25) is 0 Å². The second-order valence-corrected chi connectivity index (χ2v) is 6.36. The van der Waals surface area contributed by atoms with Crippen LogP contribution in [0.4, 0.5) is 0 Å². The summed E-state index contributed by atoms with van der Waals surface area (Å²) < 4.78 is 0.786. The summed E-state index contributed by atoms with van der Waals surface area (Å²) in [6, 6.07) is 13.6. The SMILES string of the molecule is O=C(CSc1cccc[n+]1[O-])NC1CCCc2ccccc21. The number of thioether (sulfide) groups is 1. The Balaban J connectivity index is 1.60. The van der Waals surface area contributed by atoms with E-state index in [1.54, 1.807) is 18.2 Å².